The van der Waals surface area contributed by atoms with Crippen LogP contribution in [0.3, 0.4) is 0 Å². The molecule has 0 amide bonds. The summed E-state index contributed by atoms with van der Waals surface area (Å²) in [6, 6.07) is 12.9. The molecule has 4 rings (SSSR count). The Bertz CT molecular complexity index is 825. The topological polar surface area (TPSA) is 20.2 Å². The van der Waals surface area contributed by atoms with Crippen LogP contribution in [0.15, 0.2) is 48.2 Å². The number of hydrogen-bond acceptors (Lipinski definition) is 1. The van der Waals surface area contributed by atoms with E-state index in [-0.39, 0.29) is 0 Å². The predicted octanol–water partition coefficient (Wildman–Crippen LogP) is 2.20. The van der Waals surface area contributed by atoms with Gasteiger partial charge < -0.3 is 5.11 Å². The highest BCUT2D eigenvalue weighted by Crippen LogP contribution is 2.20. The van der Waals surface area contributed by atoms with Crippen LogP contribution in [0.4, 0.5) is 0 Å². The van der Waals surface area contributed by atoms with Crippen molar-refractivity contribution in [3.05, 3.63) is 80.9 Å². The molecule has 2 aliphatic rings. The first-order valence-corrected chi connectivity index (χ1v) is 6.62. The van der Waals surface area contributed by atoms with Crippen molar-refractivity contribution < 1.29 is 5.11 Å². The molecular weight excluding hydrogens is 232 g/mol. The van der Waals surface area contributed by atoms with Gasteiger partial charge in [-0.05, 0) is 63.8 Å². The maximum atomic E-state index is 9.62. The van der Waals surface area contributed by atoms with Crippen molar-refractivity contribution in [3.63, 3.8) is 0 Å². The Hall–Kier alpha value is -2.28. The maximum Gasteiger partial charge on any atom is 0.112 e. The van der Waals surface area contributed by atoms with Crippen molar-refractivity contribution in [2.45, 2.75) is 12.8 Å². The van der Waals surface area contributed by atoms with Gasteiger partial charge in [0.2, 0.25) is 0 Å². The fourth-order valence-electron chi connectivity index (χ4n) is 3.07. The normalized spacial score (nSPS) is 15.3. The second-order valence-corrected chi connectivity index (χ2v) is 5.20. The molecule has 1 N–H and O–H groups in total. The van der Waals surface area contributed by atoms with E-state index in [0.29, 0.717) is 5.76 Å². The Morgan fingerprint density at radius 2 is 1.63 bits per heavy atom. The van der Waals surface area contributed by atoms with Crippen LogP contribution < -0.4 is 10.4 Å². The molecule has 0 aromatic heterocycles. The van der Waals surface area contributed by atoms with Gasteiger partial charge in [-0.2, -0.15) is 0 Å². The van der Waals surface area contributed by atoms with E-state index in [9.17, 15) is 5.11 Å². The van der Waals surface area contributed by atoms with Gasteiger partial charge in [0, 0.05) is 0 Å². The van der Waals surface area contributed by atoms with Gasteiger partial charge in [0.1, 0.15) is 5.76 Å². The van der Waals surface area contributed by atoms with Gasteiger partial charge in [-0.3, -0.25) is 0 Å². The third-order valence-corrected chi connectivity index (χ3v) is 4.06. The summed E-state index contributed by atoms with van der Waals surface area (Å²) in [6.45, 7) is 0. The largest absolute Gasteiger partial charge is 0.508 e. The zero-order chi connectivity index (χ0) is 12.8. The highest BCUT2D eigenvalue weighted by Gasteiger charge is 2.14. The Labute approximate surface area is 111 Å². The van der Waals surface area contributed by atoms with Gasteiger partial charge in [-0.15, -0.1) is 0 Å². The van der Waals surface area contributed by atoms with E-state index in [1.807, 2.05) is 12.2 Å². The van der Waals surface area contributed by atoms with E-state index in [4.69, 9.17) is 0 Å². The summed E-state index contributed by atoms with van der Waals surface area (Å²) in [4.78, 5) is 0. The van der Waals surface area contributed by atoms with E-state index in [1.54, 1.807) is 0 Å². The molecule has 0 saturated carbocycles. The SMILES string of the molecule is OC1=CCc2c3c(ccc2=C1)=Cc1ccccc1C3. The second-order valence-electron chi connectivity index (χ2n) is 5.20. The lowest BCUT2D eigenvalue weighted by molar-refractivity contribution is 0.438. The minimum atomic E-state index is 0.382. The molecule has 0 unspecified atom stereocenters. The van der Waals surface area contributed by atoms with Crippen LogP contribution in [0, 0.1) is 0 Å². The molecular formula is C18H14O. The Kier molecular flexibility index (Phi) is 2.16. The molecule has 2 aromatic rings. The average molecular weight is 246 g/mol. The summed E-state index contributed by atoms with van der Waals surface area (Å²) in [7, 11) is 0. The van der Waals surface area contributed by atoms with Crippen LogP contribution in [-0.4, -0.2) is 5.11 Å². The lowest BCUT2D eigenvalue weighted by atomic mass is 9.86. The molecule has 0 aliphatic heterocycles. The van der Waals surface area contributed by atoms with E-state index >= 15 is 0 Å². The summed E-state index contributed by atoms with van der Waals surface area (Å²) in [5.41, 5.74) is 5.49. The third kappa shape index (κ3) is 1.62. The minimum absolute atomic E-state index is 0.382. The van der Waals surface area contributed by atoms with Gasteiger partial charge in [-0.1, -0.05) is 36.4 Å². The highest BCUT2D eigenvalue weighted by atomic mass is 16.3. The molecule has 0 saturated heterocycles. The summed E-state index contributed by atoms with van der Waals surface area (Å²) in [5.74, 6) is 0.382. The van der Waals surface area contributed by atoms with Gasteiger partial charge in [0.15, 0.2) is 0 Å². The van der Waals surface area contributed by atoms with E-state index in [2.05, 4.69) is 42.5 Å². The first kappa shape index (κ1) is 10.6. The number of hydrogen-bond donors (Lipinski definition) is 1. The molecule has 0 spiro atoms. The Morgan fingerprint density at radius 1 is 0.842 bits per heavy atom. The molecule has 2 aliphatic carbocycles. The molecule has 0 fully saturated rings. The lowest BCUT2D eigenvalue weighted by Crippen LogP contribution is -2.26. The number of rotatable bonds is 0. The third-order valence-electron chi connectivity index (χ3n) is 4.06. The zero-order valence-electron chi connectivity index (χ0n) is 10.6. The lowest BCUT2D eigenvalue weighted by Gasteiger charge is -2.18. The number of benzene rings is 2. The summed E-state index contributed by atoms with van der Waals surface area (Å²) in [5, 5.41) is 12.1. The van der Waals surface area contributed by atoms with Crippen molar-refractivity contribution in [3.8, 4) is 0 Å². The molecule has 1 nitrogen and oxygen atoms in total. The van der Waals surface area contributed by atoms with Gasteiger partial charge in [-0.25, -0.2) is 0 Å². The molecule has 0 heterocycles. The van der Waals surface area contributed by atoms with E-state index in [0.717, 1.165) is 18.1 Å². The van der Waals surface area contributed by atoms with Crippen molar-refractivity contribution >= 4 is 12.2 Å². The van der Waals surface area contributed by atoms with Crippen LogP contribution in [0.2, 0.25) is 0 Å². The predicted molar refractivity (Wildman–Crippen MR) is 77.4 cm³/mol. The van der Waals surface area contributed by atoms with Gasteiger partial charge >= 0.3 is 0 Å². The molecule has 0 atom stereocenters. The van der Waals surface area contributed by atoms with Crippen LogP contribution >= 0.6 is 0 Å². The van der Waals surface area contributed by atoms with Crippen LogP contribution in [0.5, 0.6) is 0 Å². The Balaban J connectivity index is 2.02. The Morgan fingerprint density at radius 3 is 2.53 bits per heavy atom. The number of aliphatic hydroxyl groups excluding tert-OH is 1. The summed E-state index contributed by atoms with van der Waals surface area (Å²) < 4.78 is 0. The minimum Gasteiger partial charge on any atom is -0.508 e. The van der Waals surface area contributed by atoms with Crippen molar-refractivity contribution in [2.24, 2.45) is 0 Å². The maximum absolute atomic E-state index is 9.62. The average Bonchev–Trinajstić information content (AvgIpc) is 2.44. The van der Waals surface area contributed by atoms with Crippen molar-refractivity contribution in [1.29, 1.82) is 0 Å². The van der Waals surface area contributed by atoms with Crippen LogP contribution in [0.25, 0.3) is 12.2 Å². The molecule has 92 valence electrons. The number of aliphatic hydroxyl groups is 1. The van der Waals surface area contributed by atoms with Crippen molar-refractivity contribution in [2.75, 3.05) is 0 Å². The molecule has 0 bridgehead atoms. The monoisotopic (exact) mass is 246 g/mol. The number of fused-ring (bicyclic) bond motifs is 4. The first-order chi connectivity index (χ1) is 9.31. The molecule has 0 radical (unpaired) electrons. The second kappa shape index (κ2) is 3.86. The fourth-order valence-corrected chi connectivity index (χ4v) is 3.07. The van der Waals surface area contributed by atoms with Crippen LogP contribution in [0.1, 0.15) is 22.3 Å². The quantitative estimate of drug-likeness (QED) is 0.644. The molecule has 19 heavy (non-hydrogen) atoms. The van der Waals surface area contributed by atoms with E-state index < -0.39 is 0 Å². The smallest absolute Gasteiger partial charge is 0.112 e. The standard InChI is InChI=1S/C18H14O/c19-16-7-8-17-15(10-16)6-5-14-9-12-3-1-2-4-13(12)11-18(14)17/h1-7,9-10,19H,8,11H2. The van der Waals surface area contributed by atoms with Crippen molar-refractivity contribution in [1.82, 2.24) is 0 Å². The highest BCUT2D eigenvalue weighted by molar-refractivity contribution is 5.62. The fraction of sp³-hybridized carbons (Fsp3) is 0.111. The van der Waals surface area contributed by atoms with Gasteiger partial charge in [0.25, 0.3) is 0 Å². The van der Waals surface area contributed by atoms with Crippen LogP contribution in [-0.2, 0) is 12.8 Å². The first-order valence-electron chi connectivity index (χ1n) is 6.62. The summed E-state index contributed by atoms with van der Waals surface area (Å²) >= 11 is 0. The van der Waals surface area contributed by atoms with Gasteiger partial charge in [0.05, 0.1) is 0 Å². The van der Waals surface area contributed by atoms with E-state index in [1.165, 1.54) is 27.5 Å². The number of allylic oxidation sites excluding steroid dienone is 2. The zero-order valence-corrected chi connectivity index (χ0v) is 10.6. The summed E-state index contributed by atoms with van der Waals surface area (Å²) in [6.07, 6.45) is 7.85. The molecule has 1 heteroatoms. The molecule has 2 aromatic carbocycles.